The molecule has 0 spiro atoms. The van der Waals surface area contributed by atoms with E-state index in [1.807, 2.05) is 12.1 Å². The van der Waals surface area contributed by atoms with Crippen LogP contribution in [0.25, 0.3) is 0 Å². The first-order valence-corrected chi connectivity index (χ1v) is 5.64. The third-order valence-corrected chi connectivity index (χ3v) is 2.90. The van der Waals surface area contributed by atoms with Crippen LogP contribution in [0.4, 0.5) is 0 Å². The van der Waals surface area contributed by atoms with Crippen LogP contribution in [0.2, 0.25) is 0 Å². The van der Waals surface area contributed by atoms with E-state index in [0.717, 1.165) is 12.4 Å². The van der Waals surface area contributed by atoms with Gasteiger partial charge in [-0.25, -0.2) is 0 Å². The Morgan fingerprint density at radius 1 is 1.40 bits per heavy atom. The lowest BCUT2D eigenvalue weighted by Crippen LogP contribution is -2.04. The van der Waals surface area contributed by atoms with E-state index in [0.29, 0.717) is 18.6 Å². The molecular weight excluding hydrogens is 188 g/mol. The van der Waals surface area contributed by atoms with Crippen LogP contribution in [0.5, 0.6) is 5.75 Å². The predicted molar refractivity (Wildman–Crippen MR) is 60.4 cm³/mol. The smallest absolute Gasteiger partial charge is 0.119 e. The highest BCUT2D eigenvalue weighted by molar-refractivity contribution is 5.29. The quantitative estimate of drug-likeness (QED) is 0.691. The van der Waals surface area contributed by atoms with Gasteiger partial charge in [0.1, 0.15) is 18.5 Å². The van der Waals surface area contributed by atoms with Crippen molar-refractivity contribution in [2.45, 2.75) is 32.3 Å². The third kappa shape index (κ3) is 2.96. The number of hydrogen-bond donors (Lipinski definition) is 0. The van der Waals surface area contributed by atoms with Crippen molar-refractivity contribution in [3.63, 3.8) is 0 Å². The average molecular weight is 206 g/mol. The molecule has 1 aliphatic heterocycles. The molecule has 0 saturated carbocycles. The zero-order valence-corrected chi connectivity index (χ0v) is 9.40. The molecule has 0 radical (unpaired) electrons. The van der Waals surface area contributed by atoms with Gasteiger partial charge in [0, 0.05) is 0 Å². The molecule has 0 aliphatic carbocycles. The van der Waals surface area contributed by atoms with Crippen molar-refractivity contribution >= 4 is 0 Å². The molecule has 2 nitrogen and oxygen atoms in total. The molecule has 2 unspecified atom stereocenters. The highest BCUT2D eigenvalue weighted by Crippen LogP contribution is 2.22. The minimum atomic E-state index is 0.333. The van der Waals surface area contributed by atoms with E-state index in [-0.39, 0.29) is 0 Å². The Kier molecular flexibility index (Phi) is 3.27. The zero-order chi connectivity index (χ0) is 10.7. The lowest BCUT2D eigenvalue weighted by atomic mass is 9.99. The molecule has 82 valence electrons. The van der Waals surface area contributed by atoms with Gasteiger partial charge in [-0.05, 0) is 30.0 Å². The maximum Gasteiger partial charge on any atom is 0.119 e. The fraction of sp³-hybridized carbons (Fsp3) is 0.538. The summed E-state index contributed by atoms with van der Waals surface area (Å²) in [5.74, 6) is 1.57. The first kappa shape index (κ1) is 10.5. The minimum Gasteiger partial charge on any atom is -0.491 e. The summed E-state index contributed by atoms with van der Waals surface area (Å²) in [4.78, 5) is 0. The molecular formula is C13H18O2. The van der Waals surface area contributed by atoms with E-state index < -0.39 is 0 Å². The van der Waals surface area contributed by atoms with Crippen LogP contribution in [0, 0.1) is 0 Å². The predicted octanol–water partition coefficient (Wildman–Crippen LogP) is 2.98. The van der Waals surface area contributed by atoms with E-state index in [1.54, 1.807) is 0 Å². The van der Waals surface area contributed by atoms with Gasteiger partial charge in [0.25, 0.3) is 0 Å². The lowest BCUT2D eigenvalue weighted by molar-refractivity contribution is 0.263. The molecule has 2 heteroatoms. The standard InChI is InChI=1S/C13H18O2/c1-3-10(2)11-4-6-12(7-5-11)14-8-13-9-15-13/h4-7,10,13H,3,8-9H2,1-2H3. The molecule has 1 aromatic rings. The molecule has 1 aliphatic rings. The topological polar surface area (TPSA) is 21.8 Å². The van der Waals surface area contributed by atoms with E-state index in [2.05, 4.69) is 26.0 Å². The normalized spacial score (nSPS) is 21.1. The molecule has 0 amide bonds. The van der Waals surface area contributed by atoms with Gasteiger partial charge in [-0.3, -0.25) is 0 Å². The van der Waals surface area contributed by atoms with E-state index >= 15 is 0 Å². The maximum absolute atomic E-state index is 5.57. The van der Waals surface area contributed by atoms with Crippen molar-refractivity contribution in [3.05, 3.63) is 29.8 Å². The molecule has 15 heavy (non-hydrogen) atoms. The van der Waals surface area contributed by atoms with E-state index in [9.17, 15) is 0 Å². The Morgan fingerprint density at radius 3 is 2.60 bits per heavy atom. The Hall–Kier alpha value is -1.02. The van der Waals surface area contributed by atoms with E-state index in [1.165, 1.54) is 12.0 Å². The SMILES string of the molecule is CCC(C)c1ccc(OCC2CO2)cc1. The second-order valence-corrected chi connectivity index (χ2v) is 4.14. The second kappa shape index (κ2) is 4.67. The lowest BCUT2D eigenvalue weighted by Gasteiger charge is -2.10. The van der Waals surface area contributed by atoms with Crippen molar-refractivity contribution in [2.24, 2.45) is 0 Å². The zero-order valence-electron chi connectivity index (χ0n) is 9.40. The van der Waals surface area contributed by atoms with Gasteiger partial charge in [0.2, 0.25) is 0 Å². The summed E-state index contributed by atoms with van der Waals surface area (Å²) in [5.41, 5.74) is 1.38. The van der Waals surface area contributed by atoms with Crippen LogP contribution in [-0.2, 0) is 4.74 Å². The van der Waals surface area contributed by atoms with Crippen LogP contribution in [0.1, 0.15) is 31.7 Å². The van der Waals surface area contributed by atoms with Gasteiger partial charge < -0.3 is 9.47 Å². The summed E-state index contributed by atoms with van der Waals surface area (Å²) in [6.45, 7) is 5.99. The van der Waals surface area contributed by atoms with Gasteiger partial charge >= 0.3 is 0 Å². The second-order valence-electron chi connectivity index (χ2n) is 4.14. The van der Waals surface area contributed by atoms with Crippen LogP contribution >= 0.6 is 0 Å². The summed E-state index contributed by atoms with van der Waals surface area (Å²) in [6, 6.07) is 8.39. The number of epoxide rings is 1. The third-order valence-electron chi connectivity index (χ3n) is 2.90. The maximum atomic E-state index is 5.57. The Labute approximate surface area is 91.2 Å². The Morgan fingerprint density at radius 2 is 2.07 bits per heavy atom. The number of rotatable bonds is 5. The van der Waals surface area contributed by atoms with Gasteiger partial charge in [-0.2, -0.15) is 0 Å². The van der Waals surface area contributed by atoms with Gasteiger partial charge in [0.05, 0.1) is 6.61 Å². The van der Waals surface area contributed by atoms with Crippen LogP contribution in [0.15, 0.2) is 24.3 Å². The monoisotopic (exact) mass is 206 g/mol. The summed E-state index contributed by atoms with van der Waals surface area (Å²) >= 11 is 0. The van der Waals surface area contributed by atoms with Crippen LogP contribution < -0.4 is 4.74 Å². The first-order valence-electron chi connectivity index (χ1n) is 5.64. The van der Waals surface area contributed by atoms with E-state index in [4.69, 9.17) is 9.47 Å². The minimum absolute atomic E-state index is 0.333. The fourth-order valence-electron chi connectivity index (χ4n) is 1.48. The highest BCUT2D eigenvalue weighted by atomic mass is 16.6. The van der Waals surface area contributed by atoms with Crippen molar-refractivity contribution < 1.29 is 9.47 Å². The molecule has 0 bridgehead atoms. The highest BCUT2D eigenvalue weighted by Gasteiger charge is 2.22. The van der Waals surface area contributed by atoms with Gasteiger partial charge in [-0.1, -0.05) is 26.0 Å². The van der Waals surface area contributed by atoms with Crippen LogP contribution in [0.3, 0.4) is 0 Å². The van der Waals surface area contributed by atoms with Crippen molar-refractivity contribution in [1.82, 2.24) is 0 Å². The number of benzene rings is 1. The molecule has 1 aromatic carbocycles. The van der Waals surface area contributed by atoms with Crippen molar-refractivity contribution in [1.29, 1.82) is 0 Å². The number of ether oxygens (including phenoxy) is 2. The van der Waals surface area contributed by atoms with Crippen LogP contribution in [-0.4, -0.2) is 19.3 Å². The molecule has 1 heterocycles. The fourth-order valence-corrected chi connectivity index (χ4v) is 1.48. The Bertz CT molecular complexity index is 301. The molecule has 1 saturated heterocycles. The summed E-state index contributed by atoms with van der Waals surface area (Å²) in [7, 11) is 0. The summed E-state index contributed by atoms with van der Waals surface area (Å²) < 4.78 is 10.7. The molecule has 0 N–H and O–H groups in total. The van der Waals surface area contributed by atoms with Gasteiger partial charge in [0.15, 0.2) is 0 Å². The molecule has 1 fully saturated rings. The first-order chi connectivity index (χ1) is 7.29. The molecule has 0 aromatic heterocycles. The molecule has 2 atom stereocenters. The summed E-state index contributed by atoms with van der Waals surface area (Å²) in [5, 5.41) is 0. The Balaban J connectivity index is 1.90. The largest absolute Gasteiger partial charge is 0.491 e. The molecule has 2 rings (SSSR count). The van der Waals surface area contributed by atoms with Crippen molar-refractivity contribution in [2.75, 3.05) is 13.2 Å². The number of hydrogen-bond acceptors (Lipinski definition) is 2. The average Bonchev–Trinajstić information content (AvgIpc) is 3.10. The van der Waals surface area contributed by atoms with Gasteiger partial charge in [-0.15, -0.1) is 0 Å². The summed E-state index contributed by atoms with van der Waals surface area (Å²) in [6.07, 6.45) is 1.51. The van der Waals surface area contributed by atoms with Crippen molar-refractivity contribution in [3.8, 4) is 5.75 Å².